The largest absolute Gasteiger partial charge is 0.481 e. The van der Waals surface area contributed by atoms with Crippen molar-refractivity contribution in [1.29, 1.82) is 0 Å². The first kappa shape index (κ1) is 19.1. The predicted octanol–water partition coefficient (Wildman–Crippen LogP) is 3.06. The SMILES string of the molecule is CC(Oc1ccc2c3c(c(=O)oc2c1)CCCC3)C(=O)N1CCc2nc(N)sc2C1. The molecule has 0 radical (unpaired) electrons. The van der Waals surface area contributed by atoms with Crippen molar-refractivity contribution in [3.05, 3.63) is 50.3 Å². The summed E-state index contributed by atoms with van der Waals surface area (Å²) in [6.07, 6.45) is 3.83. The normalized spacial score (nSPS) is 16.8. The van der Waals surface area contributed by atoms with E-state index in [9.17, 15) is 9.59 Å². The number of carbonyl (C=O) groups is 1. The molecule has 3 aromatic rings. The summed E-state index contributed by atoms with van der Waals surface area (Å²) < 4.78 is 11.5. The number of benzene rings is 1. The van der Waals surface area contributed by atoms with E-state index in [2.05, 4.69) is 4.98 Å². The first-order chi connectivity index (χ1) is 14.5. The number of fused-ring (bicyclic) bond motifs is 4. The van der Waals surface area contributed by atoms with E-state index in [0.29, 0.717) is 36.0 Å². The van der Waals surface area contributed by atoms with Crippen molar-refractivity contribution in [2.45, 2.75) is 51.7 Å². The van der Waals surface area contributed by atoms with Crippen LogP contribution in [-0.2, 0) is 30.6 Å². The highest BCUT2D eigenvalue weighted by Gasteiger charge is 2.28. The zero-order valence-corrected chi connectivity index (χ0v) is 17.6. The lowest BCUT2D eigenvalue weighted by atomic mass is 9.91. The number of carbonyl (C=O) groups excluding carboxylic acids is 1. The maximum atomic E-state index is 12.9. The number of nitrogen functional groups attached to an aromatic ring is 1. The van der Waals surface area contributed by atoms with Gasteiger partial charge in [0.15, 0.2) is 11.2 Å². The van der Waals surface area contributed by atoms with Crippen LogP contribution < -0.4 is 16.1 Å². The molecule has 2 aliphatic rings. The molecule has 1 amide bonds. The number of nitrogens with two attached hydrogens (primary N) is 1. The van der Waals surface area contributed by atoms with E-state index < -0.39 is 6.10 Å². The van der Waals surface area contributed by atoms with Gasteiger partial charge in [0.25, 0.3) is 5.91 Å². The van der Waals surface area contributed by atoms with E-state index in [-0.39, 0.29) is 11.5 Å². The van der Waals surface area contributed by atoms with Crippen molar-refractivity contribution in [3.63, 3.8) is 0 Å². The fourth-order valence-corrected chi connectivity index (χ4v) is 5.31. The second-order valence-electron chi connectivity index (χ2n) is 7.90. The van der Waals surface area contributed by atoms with E-state index in [0.717, 1.165) is 52.8 Å². The van der Waals surface area contributed by atoms with Gasteiger partial charge in [0.1, 0.15) is 11.3 Å². The highest BCUT2D eigenvalue weighted by molar-refractivity contribution is 7.15. The molecule has 7 nitrogen and oxygen atoms in total. The van der Waals surface area contributed by atoms with Gasteiger partial charge in [-0.3, -0.25) is 4.79 Å². The lowest BCUT2D eigenvalue weighted by molar-refractivity contribution is -0.138. The molecular formula is C22H23N3O4S. The Labute approximate surface area is 177 Å². The van der Waals surface area contributed by atoms with Crippen molar-refractivity contribution in [1.82, 2.24) is 9.88 Å². The van der Waals surface area contributed by atoms with Crippen molar-refractivity contribution >= 4 is 33.3 Å². The molecule has 3 heterocycles. The number of aromatic nitrogens is 1. The quantitative estimate of drug-likeness (QED) is 0.648. The number of anilines is 1. The van der Waals surface area contributed by atoms with Crippen LogP contribution in [0.3, 0.4) is 0 Å². The third kappa shape index (κ3) is 3.35. The number of thiazole rings is 1. The van der Waals surface area contributed by atoms with Gasteiger partial charge >= 0.3 is 5.63 Å². The molecule has 30 heavy (non-hydrogen) atoms. The molecule has 0 spiro atoms. The Kier molecular flexibility index (Phi) is 4.73. The molecule has 5 rings (SSSR count). The van der Waals surface area contributed by atoms with Gasteiger partial charge in [-0.05, 0) is 50.3 Å². The van der Waals surface area contributed by atoms with Crippen LogP contribution in [-0.4, -0.2) is 28.4 Å². The van der Waals surface area contributed by atoms with Gasteiger partial charge in [-0.2, -0.15) is 0 Å². The molecule has 1 aliphatic carbocycles. The molecular weight excluding hydrogens is 402 g/mol. The van der Waals surface area contributed by atoms with Gasteiger partial charge in [0, 0.05) is 34.9 Å². The van der Waals surface area contributed by atoms with Crippen molar-refractivity contribution in [2.24, 2.45) is 0 Å². The summed E-state index contributed by atoms with van der Waals surface area (Å²) in [5.41, 5.74) is 8.93. The lowest BCUT2D eigenvalue weighted by Gasteiger charge is -2.28. The van der Waals surface area contributed by atoms with Gasteiger partial charge in [0.05, 0.1) is 12.2 Å². The summed E-state index contributed by atoms with van der Waals surface area (Å²) in [5, 5.41) is 1.50. The zero-order valence-electron chi connectivity index (χ0n) is 16.8. The fraction of sp³-hybridized carbons (Fsp3) is 0.409. The molecule has 0 saturated heterocycles. The molecule has 0 fully saturated rings. The molecule has 2 N–H and O–H groups in total. The number of ether oxygens (including phenoxy) is 1. The maximum Gasteiger partial charge on any atom is 0.339 e. The number of nitrogens with zero attached hydrogens (tertiary/aromatic N) is 2. The smallest absolute Gasteiger partial charge is 0.339 e. The van der Waals surface area contributed by atoms with Crippen LogP contribution in [0.15, 0.2) is 27.4 Å². The average Bonchev–Trinajstić information content (AvgIpc) is 3.12. The Balaban J connectivity index is 1.35. The average molecular weight is 426 g/mol. The third-order valence-corrected chi connectivity index (χ3v) is 6.83. The topological polar surface area (TPSA) is 98.7 Å². The second-order valence-corrected chi connectivity index (χ2v) is 9.02. The monoisotopic (exact) mass is 425 g/mol. The van der Waals surface area contributed by atoms with Crippen molar-refractivity contribution in [2.75, 3.05) is 12.3 Å². The lowest BCUT2D eigenvalue weighted by Crippen LogP contribution is -2.42. The van der Waals surface area contributed by atoms with Gasteiger partial charge < -0.3 is 19.8 Å². The Hall–Kier alpha value is -2.87. The molecule has 1 aromatic carbocycles. The van der Waals surface area contributed by atoms with Crippen LogP contribution in [0.1, 0.15) is 41.5 Å². The summed E-state index contributed by atoms with van der Waals surface area (Å²) in [7, 11) is 0. The summed E-state index contributed by atoms with van der Waals surface area (Å²) >= 11 is 1.43. The Morgan fingerprint density at radius 3 is 2.90 bits per heavy atom. The predicted molar refractivity (Wildman–Crippen MR) is 115 cm³/mol. The Morgan fingerprint density at radius 1 is 1.27 bits per heavy atom. The molecule has 1 aliphatic heterocycles. The third-order valence-electron chi connectivity index (χ3n) is 5.92. The van der Waals surface area contributed by atoms with E-state index in [4.69, 9.17) is 14.9 Å². The van der Waals surface area contributed by atoms with Crippen LogP contribution in [0.25, 0.3) is 11.0 Å². The number of amides is 1. The van der Waals surface area contributed by atoms with Gasteiger partial charge in [0.2, 0.25) is 0 Å². The molecule has 0 bridgehead atoms. The molecule has 1 unspecified atom stereocenters. The molecule has 156 valence electrons. The first-order valence-corrected chi connectivity index (χ1v) is 11.1. The summed E-state index contributed by atoms with van der Waals surface area (Å²) in [4.78, 5) is 32.4. The highest BCUT2D eigenvalue weighted by Crippen LogP contribution is 2.30. The molecule has 1 atom stereocenters. The van der Waals surface area contributed by atoms with E-state index in [1.807, 2.05) is 12.1 Å². The Bertz CT molecular complexity index is 1200. The fourth-order valence-electron chi connectivity index (χ4n) is 4.41. The molecule has 0 saturated carbocycles. The number of aryl methyl sites for hydroxylation is 1. The van der Waals surface area contributed by atoms with E-state index >= 15 is 0 Å². The number of hydrogen-bond acceptors (Lipinski definition) is 7. The molecule has 8 heteroatoms. The second kappa shape index (κ2) is 7.43. The van der Waals surface area contributed by atoms with Crippen LogP contribution in [0.5, 0.6) is 5.75 Å². The van der Waals surface area contributed by atoms with Crippen molar-refractivity contribution < 1.29 is 13.9 Å². The summed E-state index contributed by atoms with van der Waals surface area (Å²) in [6.45, 7) is 2.85. The van der Waals surface area contributed by atoms with Gasteiger partial charge in [-0.25, -0.2) is 9.78 Å². The number of hydrogen-bond donors (Lipinski definition) is 1. The van der Waals surface area contributed by atoms with Crippen LogP contribution >= 0.6 is 11.3 Å². The van der Waals surface area contributed by atoms with E-state index in [1.54, 1.807) is 17.9 Å². The standard InChI is InChI=1S/C22H23N3O4S/c1-12(20(26)25-9-8-17-19(11-25)30-22(23)24-17)28-13-6-7-15-14-4-2-3-5-16(14)21(27)29-18(15)10-13/h6-7,10,12H,2-5,8-9,11H2,1H3,(H2,23,24). The van der Waals surface area contributed by atoms with Crippen LogP contribution in [0.2, 0.25) is 0 Å². The highest BCUT2D eigenvalue weighted by atomic mass is 32.1. The first-order valence-electron chi connectivity index (χ1n) is 10.3. The van der Waals surface area contributed by atoms with E-state index in [1.165, 1.54) is 11.3 Å². The minimum Gasteiger partial charge on any atom is -0.481 e. The number of rotatable bonds is 3. The maximum absolute atomic E-state index is 12.9. The summed E-state index contributed by atoms with van der Waals surface area (Å²) in [5.74, 6) is 0.432. The van der Waals surface area contributed by atoms with Gasteiger partial charge in [-0.15, -0.1) is 11.3 Å². The minimum absolute atomic E-state index is 0.0837. The van der Waals surface area contributed by atoms with Gasteiger partial charge in [-0.1, -0.05) is 0 Å². The summed E-state index contributed by atoms with van der Waals surface area (Å²) in [6, 6.07) is 5.50. The van der Waals surface area contributed by atoms with Crippen LogP contribution in [0.4, 0.5) is 5.13 Å². The van der Waals surface area contributed by atoms with Crippen molar-refractivity contribution in [3.8, 4) is 5.75 Å². The minimum atomic E-state index is -0.654. The zero-order chi connectivity index (χ0) is 20.8. The van der Waals surface area contributed by atoms with Crippen LogP contribution in [0, 0.1) is 0 Å². The molecule has 2 aromatic heterocycles. The Morgan fingerprint density at radius 2 is 2.07 bits per heavy atom.